The molecule has 0 saturated carbocycles. The molecule has 1 N–H and O–H groups in total. The lowest BCUT2D eigenvalue weighted by Gasteiger charge is -2.39. The van der Waals surface area contributed by atoms with Crippen molar-refractivity contribution in [1.82, 2.24) is 25.0 Å². The summed E-state index contributed by atoms with van der Waals surface area (Å²) in [6, 6.07) is 6.99. The molecule has 2 heterocycles. The summed E-state index contributed by atoms with van der Waals surface area (Å²) in [5, 5.41) is 8.41. The van der Waals surface area contributed by atoms with Crippen molar-refractivity contribution in [3.05, 3.63) is 41.4 Å². The normalized spacial score (nSPS) is 23.4. The molecule has 0 spiro atoms. The predicted molar refractivity (Wildman–Crippen MR) is 83.7 cm³/mol. The second-order valence-corrected chi connectivity index (χ2v) is 6.08. The molecule has 1 saturated heterocycles. The molecule has 1 aliphatic heterocycles. The third kappa shape index (κ3) is 3.10. The molecule has 21 heavy (non-hydrogen) atoms. The van der Waals surface area contributed by atoms with Crippen LogP contribution in [0, 0.1) is 0 Å². The second-order valence-electron chi connectivity index (χ2n) is 5.64. The van der Waals surface area contributed by atoms with E-state index < -0.39 is 0 Å². The minimum absolute atomic E-state index is 0.507. The van der Waals surface area contributed by atoms with Gasteiger partial charge in [-0.2, -0.15) is 5.10 Å². The van der Waals surface area contributed by atoms with Crippen molar-refractivity contribution >= 4 is 11.6 Å². The van der Waals surface area contributed by atoms with Gasteiger partial charge in [-0.3, -0.25) is 4.90 Å². The highest BCUT2D eigenvalue weighted by Gasteiger charge is 2.25. The number of nitrogens with zero attached hydrogens (tertiary/aromatic N) is 4. The number of nitrogens with one attached hydrogen (secondary N) is 1. The van der Waals surface area contributed by atoms with Gasteiger partial charge in [0.1, 0.15) is 12.7 Å². The summed E-state index contributed by atoms with van der Waals surface area (Å²) >= 11 is 6.15. The van der Waals surface area contributed by atoms with Crippen LogP contribution in [0.2, 0.25) is 5.02 Å². The van der Waals surface area contributed by atoms with Crippen LogP contribution in [0.5, 0.6) is 0 Å². The highest BCUT2D eigenvalue weighted by atomic mass is 35.5. The smallest absolute Gasteiger partial charge is 0.138 e. The number of rotatable bonds is 3. The van der Waals surface area contributed by atoms with E-state index in [0.29, 0.717) is 17.1 Å². The first-order valence-electron chi connectivity index (χ1n) is 7.25. The molecular weight excluding hydrogens is 286 g/mol. The Hall–Kier alpha value is -1.43. The maximum Gasteiger partial charge on any atom is 0.138 e. The summed E-state index contributed by atoms with van der Waals surface area (Å²) in [5.41, 5.74) is 2.21. The van der Waals surface area contributed by atoms with Gasteiger partial charge in [-0.25, -0.2) is 9.67 Å². The van der Waals surface area contributed by atoms with Gasteiger partial charge in [-0.05, 0) is 31.5 Å². The number of hydrogen-bond acceptors (Lipinski definition) is 4. The van der Waals surface area contributed by atoms with E-state index >= 15 is 0 Å². The van der Waals surface area contributed by atoms with Gasteiger partial charge in [0.05, 0.1) is 5.69 Å². The SMILES string of the molecule is C[C@@H]1CNC[C@H](C)N1Cc1ccc(Cl)cc1-n1cncn1. The van der Waals surface area contributed by atoms with Crippen molar-refractivity contribution in [3.8, 4) is 5.69 Å². The first-order chi connectivity index (χ1) is 10.1. The highest BCUT2D eigenvalue weighted by Crippen LogP contribution is 2.23. The fraction of sp³-hybridized carbons (Fsp3) is 0.467. The minimum atomic E-state index is 0.507. The lowest BCUT2D eigenvalue weighted by atomic mass is 10.1. The first-order valence-corrected chi connectivity index (χ1v) is 7.63. The van der Waals surface area contributed by atoms with Crippen molar-refractivity contribution in [2.75, 3.05) is 13.1 Å². The molecule has 0 unspecified atom stereocenters. The van der Waals surface area contributed by atoms with Crippen LogP contribution < -0.4 is 5.32 Å². The lowest BCUT2D eigenvalue weighted by molar-refractivity contribution is 0.108. The lowest BCUT2D eigenvalue weighted by Crippen LogP contribution is -2.54. The van der Waals surface area contributed by atoms with Crippen LogP contribution in [0.15, 0.2) is 30.9 Å². The van der Waals surface area contributed by atoms with E-state index in [0.717, 1.165) is 25.3 Å². The third-order valence-corrected chi connectivity index (χ3v) is 4.31. The van der Waals surface area contributed by atoms with Gasteiger partial charge in [-0.1, -0.05) is 17.7 Å². The molecule has 0 bridgehead atoms. The van der Waals surface area contributed by atoms with Crippen molar-refractivity contribution < 1.29 is 0 Å². The van der Waals surface area contributed by atoms with E-state index in [4.69, 9.17) is 11.6 Å². The van der Waals surface area contributed by atoms with Gasteiger partial charge in [0.15, 0.2) is 0 Å². The van der Waals surface area contributed by atoms with E-state index in [-0.39, 0.29) is 0 Å². The molecule has 0 amide bonds. The molecule has 1 aromatic heterocycles. The number of aromatic nitrogens is 3. The fourth-order valence-corrected chi connectivity index (χ4v) is 3.06. The molecular formula is C15H20ClN5. The molecule has 6 heteroatoms. The summed E-state index contributed by atoms with van der Waals surface area (Å²) in [7, 11) is 0. The van der Waals surface area contributed by atoms with Gasteiger partial charge in [0.25, 0.3) is 0 Å². The van der Waals surface area contributed by atoms with Crippen molar-refractivity contribution in [1.29, 1.82) is 0 Å². The van der Waals surface area contributed by atoms with Crippen molar-refractivity contribution in [2.45, 2.75) is 32.5 Å². The first kappa shape index (κ1) is 14.5. The van der Waals surface area contributed by atoms with E-state index in [1.165, 1.54) is 5.56 Å². The fourth-order valence-electron chi connectivity index (χ4n) is 2.90. The van der Waals surface area contributed by atoms with E-state index in [1.54, 1.807) is 17.3 Å². The molecule has 1 aliphatic rings. The number of halogens is 1. The molecule has 3 rings (SSSR count). The van der Waals surface area contributed by atoms with E-state index in [9.17, 15) is 0 Å². The molecule has 1 fully saturated rings. The average Bonchev–Trinajstić information content (AvgIpc) is 2.98. The van der Waals surface area contributed by atoms with Crippen LogP contribution in [0.4, 0.5) is 0 Å². The average molecular weight is 306 g/mol. The van der Waals surface area contributed by atoms with Crippen molar-refractivity contribution in [3.63, 3.8) is 0 Å². The van der Waals surface area contributed by atoms with Crippen molar-refractivity contribution in [2.24, 2.45) is 0 Å². The minimum Gasteiger partial charge on any atom is -0.314 e. The summed E-state index contributed by atoms with van der Waals surface area (Å²) in [5.74, 6) is 0. The molecule has 112 valence electrons. The van der Waals surface area contributed by atoms with E-state index in [1.807, 2.05) is 12.1 Å². The summed E-state index contributed by atoms with van der Waals surface area (Å²) in [4.78, 5) is 6.55. The monoisotopic (exact) mass is 305 g/mol. The molecule has 2 aromatic rings. The van der Waals surface area contributed by atoms with Gasteiger partial charge in [0, 0.05) is 36.7 Å². The Kier molecular flexibility index (Phi) is 4.24. The Labute approximate surface area is 129 Å². The summed E-state index contributed by atoms with van der Waals surface area (Å²) in [6.45, 7) is 7.45. The van der Waals surface area contributed by atoms with Crippen LogP contribution in [0.25, 0.3) is 5.69 Å². The van der Waals surface area contributed by atoms with E-state index in [2.05, 4.69) is 40.2 Å². The Bertz CT molecular complexity index is 588. The summed E-state index contributed by atoms with van der Waals surface area (Å²) < 4.78 is 1.78. The van der Waals surface area contributed by atoms with Gasteiger partial charge >= 0.3 is 0 Å². The molecule has 1 aromatic carbocycles. The maximum absolute atomic E-state index is 6.15. The Morgan fingerprint density at radius 1 is 1.29 bits per heavy atom. The largest absolute Gasteiger partial charge is 0.314 e. The van der Waals surface area contributed by atoms with Crippen LogP contribution in [-0.4, -0.2) is 44.8 Å². The van der Waals surface area contributed by atoms with Crippen LogP contribution in [-0.2, 0) is 6.54 Å². The number of piperazine rings is 1. The predicted octanol–water partition coefficient (Wildman–Crippen LogP) is 2.10. The van der Waals surface area contributed by atoms with Crippen LogP contribution in [0.3, 0.4) is 0 Å². The second kappa shape index (κ2) is 6.13. The molecule has 5 nitrogen and oxygen atoms in total. The zero-order chi connectivity index (χ0) is 14.8. The number of benzene rings is 1. The Morgan fingerprint density at radius 2 is 2.05 bits per heavy atom. The molecule has 2 atom stereocenters. The highest BCUT2D eigenvalue weighted by molar-refractivity contribution is 6.30. The van der Waals surface area contributed by atoms with Gasteiger partial charge in [0.2, 0.25) is 0 Å². The van der Waals surface area contributed by atoms with Gasteiger partial charge in [-0.15, -0.1) is 0 Å². The van der Waals surface area contributed by atoms with Gasteiger partial charge < -0.3 is 5.32 Å². The number of hydrogen-bond donors (Lipinski definition) is 1. The van der Waals surface area contributed by atoms with Crippen LogP contribution >= 0.6 is 11.6 Å². The quantitative estimate of drug-likeness (QED) is 0.943. The maximum atomic E-state index is 6.15. The summed E-state index contributed by atoms with van der Waals surface area (Å²) in [6.07, 6.45) is 3.25. The Morgan fingerprint density at radius 3 is 2.71 bits per heavy atom. The molecule has 0 aliphatic carbocycles. The third-order valence-electron chi connectivity index (χ3n) is 4.08. The topological polar surface area (TPSA) is 46.0 Å². The standard InChI is InChI=1S/C15H20ClN5/c1-11-6-17-7-12(2)20(11)8-13-3-4-14(16)5-15(13)21-10-18-9-19-21/h3-5,9-12,17H,6-8H2,1-2H3/t11-,12+. The Balaban J connectivity index is 1.91. The zero-order valence-corrected chi connectivity index (χ0v) is 13.1. The van der Waals surface area contributed by atoms with Crippen LogP contribution in [0.1, 0.15) is 19.4 Å². The molecule has 0 radical (unpaired) electrons. The zero-order valence-electron chi connectivity index (χ0n) is 12.3.